The van der Waals surface area contributed by atoms with E-state index in [4.69, 9.17) is 9.97 Å². The summed E-state index contributed by atoms with van der Waals surface area (Å²) < 4.78 is 2.26. The molecule has 0 radical (unpaired) electrons. The number of fused-ring (bicyclic) bond motifs is 1. The number of para-hydroxylation sites is 1. The van der Waals surface area contributed by atoms with Gasteiger partial charge in [-0.25, -0.2) is 4.98 Å². The average Bonchev–Trinajstić information content (AvgIpc) is 3.69. The van der Waals surface area contributed by atoms with Gasteiger partial charge in [-0.2, -0.15) is 0 Å². The van der Waals surface area contributed by atoms with Crippen molar-refractivity contribution in [1.29, 1.82) is 0 Å². The Labute approximate surface area is 372 Å². The van der Waals surface area contributed by atoms with E-state index in [0.29, 0.717) is 5.82 Å². The lowest BCUT2D eigenvalue weighted by atomic mass is 9.81. The number of aromatic nitrogens is 3. The first kappa shape index (κ1) is 41.3. The van der Waals surface area contributed by atoms with Gasteiger partial charge < -0.3 is 5.11 Å². The van der Waals surface area contributed by atoms with Gasteiger partial charge in [0, 0.05) is 23.0 Å². The van der Waals surface area contributed by atoms with Gasteiger partial charge >= 0.3 is 0 Å². The van der Waals surface area contributed by atoms with Crippen molar-refractivity contribution in [2.24, 2.45) is 0 Å². The van der Waals surface area contributed by atoms with Gasteiger partial charge in [0.05, 0.1) is 22.3 Å². The zero-order valence-corrected chi connectivity index (χ0v) is 37.6. The van der Waals surface area contributed by atoms with Crippen LogP contribution in [0.3, 0.4) is 0 Å². The second kappa shape index (κ2) is 16.7. The monoisotopic (exact) mass is 821 g/mol. The van der Waals surface area contributed by atoms with Crippen molar-refractivity contribution in [3.05, 3.63) is 192 Å². The second-order valence-corrected chi connectivity index (χ2v) is 18.6. The van der Waals surface area contributed by atoms with Crippen LogP contribution in [-0.2, 0) is 5.41 Å². The number of imidazole rings is 1. The van der Waals surface area contributed by atoms with E-state index in [2.05, 4.69) is 224 Å². The summed E-state index contributed by atoms with van der Waals surface area (Å²) in [7, 11) is 0. The van der Waals surface area contributed by atoms with Gasteiger partial charge in [-0.1, -0.05) is 163 Å². The first-order chi connectivity index (χ1) is 30.3. The highest BCUT2D eigenvalue weighted by Gasteiger charge is 2.26. The molecule has 312 valence electrons. The Kier molecular flexibility index (Phi) is 10.9. The average molecular weight is 822 g/mol. The fourth-order valence-electron chi connectivity index (χ4n) is 8.80. The third-order valence-electron chi connectivity index (χ3n) is 12.3. The maximum Gasteiger partial charge on any atom is 0.149 e. The van der Waals surface area contributed by atoms with E-state index < -0.39 is 0 Å². The number of hydrogen-bond donors (Lipinski definition) is 1. The number of benzene rings is 7. The predicted octanol–water partition coefficient (Wildman–Crippen LogP) is 16.0. The number of phenolic OH excluding ortho intramolecular Hbond substituents is 1. The van der Waals surface area contributed by atoms with Gasteiger partial charge in [0.1, 0.15) is 11.6 Å². The summed E-state index contributed by atoms with van der Waals surface area (Å²) in [6, 6.07) is 58.5. The Bertz CT molecular complexity index is 3100. The van der Waals surface area contributed by atoms with Crippen LogP contribution in [0.2, 0.25) is 0 Å². The summed E-state index contributed by atoms with van der Waals surface area (Å²) in [4.78, 5) is 10.6. The molecule has 0 aliphatic carbocycles. The molecular weight excluding hydrogens is 767 g/mol. The van der Waals surface area contributed by atoms with Crippen LogP contribution in [0, 0.1) is 6.92 Å². The number of hydrogen-bond acceptors (Lipinski definition) is 3. The van der Waals surface area contributed by atoms with Gasteiger partial charge in [-0.15, -0.1) is 0 Å². The molecule has 0 saturated carbocycles. The van der Waals surface area contributed by atoms with E-state index in [1.54, 1.807) is 0 Å². The highest BCUT2D eigenvalue weighted by atomic mass is 16.3. The van der Waals surface area contributed by atoms with E-state index >= 15 is 0 Å². The molecule has 0 atom stereocenters. The maximum atomic E-state index is 12.3. The standard InChI is InChI=1S/C59H55N3O/c1-37(2)44-33-51(38(3)4)57(63)52(34-44)58-61-56-50(20-15-21-55(56)62(58)48-26-27-49(42-18-13-10-14-19-42)53(36-48)59(6,7)8)46-30-45(40-16-11-9-12-17-40)31-47(32-46)54-35-43(28-29-60-54)41-24-22-39(5)23-25-41/h9-38,63H,1-8H3. The summed E-state index contributed by atoms with van der Waals surface area (Å²) in [5, 5.41) is 12.3. The molecule has 7 aromatic carbocycles. The van der Waals surface area contributed by atoms with Gasteiger partial charge in [0.15, 0.2) is 0 Å². The molecule has 0 spiro atoms. The molecule has 63 heavy (non-hydrogen) atoms. The number of rotatable bonds is 9. The van der Waals surface area contributed by atoms with Crippen LogP contribution < -0.4 is 0 Å². The smallest absolute Gasteiger partial charge is 0.149 e. The van der Waals surface area contributed by atoms with Gasteiger partial charge in [-0.3, -0.25) is 9.55 Å². The van der Waals surface area contributed by atoms with Crippen LogP contribution in [0.1, 0.15) is 82.6 Å². The van der Waals surface area contributed by atoms with E-state index in [1.807, 2.05) is 6.20 Å². The van der Waals surface area contributed by atoms with Crippen molar-refractivity contribution in [3.63, 3.8) is 0 Å². The highest BCUT2D eigenvalue weighted by Crippen LogP contribution is 2.44. The summed E-state index contributed by atoms with van der Waals surface area (Å²) in [5.41, 5.74) is 18.8. The lowest BCUT2D eigenvalue weighted by Gasteiger charge is -2.25. The Hall–Kier alpha value is -7.04. The minimum atomic E-state index is -0.160. The van der Waals surface area contributed by atoms with Crippen molar-refractivity contribution in [3.8, 4) is 78.6 Å². The minimum absolute atomic E-state index is 0.116. The first-order valence-corrected chi connectivity index (χ1v) is 22.2. The summed E-state index contributed by atoms with van der Waals surface area (Å²) in [6.45, 7) is 17.7. The van der Waals surface area contributed by atoms with Crippen molar-refractivity contribution in [2.45, 2.75) is 72.6 Å². The van der Waals surface area contributed by atoms with Crippen molar-refractivity contribution < 1.29 is 5.11 Å². The Morgan fingerprint density at radius 1 is 0.524 bits per heavy atom. The van der Waals surface area contributed by atoms with E-state index in [0.717, 1.165) is 72.5 Å². The van der Waals surface area contributed by atoms with E-state index in [-0.39, 0.29) is 23.0 Å². The molecule has 4 heteroatoms. The van der Waals surface area contributed by atoms with Crippen molar-refractivity contribution in [1.82, 2.24) is 14.5 Å². The number of nitrogens with zero attached hydrogens (tertiary/aromatic N) is 3. The summed E-state index contributed by atoms with van der Waals surface area (Å²) >= 11 is 0. The number of pyridine rings is 1. The van der Waals surface area contributed by atoms with Crippen LogP contribution in [0.25, 0.3) is 83.9 Å². The number of aromatic hydroxyl groups is 1. The number of aryl methyl sites for hydroxylation is 1. The van der Waals surface area contributed by atoms with Gasteiger partial charge in [0.25, 0.3) is 0 Å². The fraction of sp³-hybridized carbons (Fsp3) is 0.186. The first-order valence-electron chi connectivity index (χ1n) is 22.2. The van der Waals surface area contributed by atoms with E-state index in [9.17, 15) is 5.11 Å². The lowest BCUT2D eigenvalue weighted by molar-refractivity contribution is 0.466. The molecule has 1 N–H and O–H groups in total. The van der Waals surface area contributed by atoms with Crippen molar-refractivity contribution >= 4 is 11.0 Å². The Morgan fingerprint density at radius 2 is 1.19 bits per heavy atom. The van der Waals surface area contributed by atoms with Crippen LogP contribution in [0.5, 0.6) is 5.75 Å². The van der Waals surface area contributed by atoms with Gasteiger partial charge in [-0.05, 0) is 134 Å². The molecule has 0 bridgehead atoms. The highest BCUT2D eigenvalue weighted by molar-refractivity contribution is 5.98. The third-order valence-corrected chi connectivity index (χ3v) is 12.3. The van der Waals surface area contributed by atoms with Crippen LogP contribution in [0.15, 0.2) is 170 Å². The van der Waals surface area contributed by atoms with Gasteiger partial charge in [0.2, 0.25) is 0 Å². The SMILES string of the molecule is Cc1ccc(-c2ccnc(-c3cc(-c4ccccc4)cc(-c4cccc5c4nc(-c4cc(C(C)C)cc(C(C)C)c4O)n5-c4ccc(-c5ccccc5)c(C(C)(C)C)c4)c3)c2)cc1. The molecule has 0 aliphatic heterocycles. The quantitative estimate of drug-likeness (QED) is 0.158. The van der Waals surface area contributed by atoms with Crippen LogP contribution in [0.4, 0.5) is 0 Å². The lowest BCUT2D eigenvalue weighted by Crippen LogP contribution is -2.14. The van der Waals surface area contributed by atoms with E-state index in [1.165, 1.54) is 27.8 Å². The molecule has 2 aromatic heterocycles. The second-order valence-electron chi connectivity index (χ2n) is 18.6. The third kappa shape index (κ3) is 8.10. The molecule has 9 rings (SSSR count). The van der Waals surface area contributed by atoms with Crippen LogP contribution in [-0.4, -0.2) is 19.6 Å². The fourth-order valence-corrected chi connectivity index (χ4v) is 8.80. The summed E-state index contributed by atoms with van der Waals surface area (Å²) in [5.74, 6) is 1.35. The topological polar surface area (TPSA) is 50.9 Å². The zero-order valence-electron chi connectivity index (χ0n) is 37.6. The maximum absolute atomic E-state index is 12.3. The predicted molar refractivity (Wildman–Crippen MR) is 265 cm³/mol. The van der Waals surface area contributed by atoms with Crippen LogP contribution >= 0.6 is 0 Å². The van der Waals surface area contributed by atoms with Crippen molar-refractivity contribution in [2.75, 3.05) is 0 Å². The molecule has 0 saturated heterocycles. The number of phenols is 1. The molecule has 0 fully saturated rings. The molecule has 4 nitrogen and oxygen atoms in total. The Balaban J connectivity index is 1.32. The zero-order chi connectivity index (χ0) is 44.0. The normalized spacial score (nSPS) is 11.8. The molecule has 2 heterocycles. The Morgan fingerprint density at radius 3 is 1.87 bits per heavy atom. The molecule has 0 aliphatic rings. The molecular formula is C59H55N3O. The molecule has 0 amide bonds. The summed E-state index contributed by atoms with van der Waals surface area (Å²) in [6.07, 6.45) is 1.91. The largest absolute Gasteiger partial charge is 0.507 e. The minimum Gasteiger partial charge on any atom is -0.507 e. The molecule has 0 unspecified atom stereocenters. The molecule has 9 aromatic rings.